The molecule has 0 saturated carbocycles. The topological polar surface area (TPSA) is 23.6 Å². The van der Waals surface area contributed by atoms with Gasteiger partial charge in [0.15, 0.2) is 0 Å². The molecule has 1 aliphatic rings. The third kappa shape index (κ3) is 4.92. The van der Waals surface area contributed by atoms with Crippen molar-refractivity contribution in [1.29, 1.82) is 0 Å². The van der Waals surface area contributed by atoms with Crippen LogP contribution in [0.25, 0.3) is 0 Å². The molecular weight excluding hydrogens is 392 g/mol. The van der Waals surface area contributed by atoms with E-state index in [9.17, 15) is 4.79 Å². The number of rotatable bonds is 5. The molecule has 0 radical (unpaired) electrons. The van der Waals surface area contributed by atoms with Crippen molar-refractivity contribution in [2.75, 3.05) is 18.0 Å². The average Bonchev–Trinajstić information content (AvgIpc) is 2.77. The summed E-state index contributed by atoms with van der Waals surface area (Å²) < 4.78 is 0. The summed E-state index contributed by atoms with van der Waals surface area (Å²) in [5.41, 5.74) is 4.16. The number of anilines is 1. The zero-order chi connectivity index (χ0) is 20.9. The van der Waals surface area contributed by atoms with Gasteiger partial charge in [0.05, 0.1) is 0 Å². The molecule has 0 N–H and O–H groups in total. The van der Waals surface area contributed by atoms with E-state index in [0.29, 0.717) is 0 Å². The Morgan fingerprint density at radius 3 is 2.33 bits per heavy atom. The Hall–Kier alpha value is -2.62. The van der Waals surface area contributed by atoms with E-state index in [0.717, 1.165) is 48.7 Å². The zero-order valence-corrected chi connectivity index (χ0v) is 18.1. The maximum absolute atomic E-state index is 13.5. The second-order valence-corrected chi connectivity index (χ2v) is 8.45. The quantitative estimate of drug-likeness (QED) is 0.510. The van der Waals surface area contributed by atoms with Crippen LogP contribution in [0.1, 0.15) is 34.3 Å². The molecule has 0 spiro atoms. The molecule has 1 saturated heterocycles. The van der Waals surface area contributed by atoms with E-state index in [1.165, 1.54) is 11.1 Å². The lowest BCUT2D eigenvalue weighted by molar-refractivity contribution is 0.0958. The maximum atomic E-state index is 13.5. The number of hydrogen-bond donors (Lipinski definition) is 0. The number of hydrogen-bond acceptors (Lipinski definition) is 2. The van der Waals surface area contributed by atoms with Crippen molar-refractivity contribution < 1.29 is 4.79 Å². The number of likely N-dealkylation sites (tertiary alicyclic amines) is 1. The number of aryl methyl sites for hydroxylation is 1. The third-order valence-electron chi connectivity index (χ3n) is 5.76. The van der Waals surface area contributed by atoms with Gasteiger partial charge in [0.1, 0.15) is 0 Å². The highest BCUT2D eigenvalue weighted by Gasteiger charge is 2.30. The summed E-state index contributed by atoms with van der Waals surface area (Å²) in [5.74, 6) is 0.0809. The second kappa shape index (κ2) is 9.46. The van der Waals surface area contributed by atoms with Crippen molar-refractivity contribution in [3.05, 3.63) is 101 Å². The summed E-state index contributed by atoms with van der Waals surface area (Å²) in [6.45, 7) is 4.93. The van der Waals surface area contributed by atoms with Gasteiger partial charge in [-0.15, -0.1) is 0 Å². The van der Waals surface area contributed by atoms with E-state index < -0.39 is 0 Å². The first-order valence-corrected chi connectivity index (χ1v) is 10.9. The summed E-state index contributed by atoms with van der Waals surface area (Å²) in [7, 11) is 0. The third-order valence-corrected chi connectivity index (χ3v) is 6.01. The minimum atomic E-state index is 0.0809. The molecule has 3 nitrogen and oxygen atoms in total. The molecule has 4 heteroatoms. The van der Waals surface area contributed by atoms with E-state index in [1.54, 1.807) is 0 Å². The number of halogens is 1. The molecule has 1 aliphatic heterocycles. The van der Waals surface area contributed by atoms with Crippen molar-refractivity contribution in [1.82, 2.24) is 4.90 Å². The smallest absolute Gasteiger partial charge is 0.258 e. The predicted molar refractivity (Wildman–Crippen MR) is 124 cm³/mol. The second-order valence-electron chi connectivity index (χ2n) is 8.01. The van der Waals surface area contributed by atoms with Crippen LogP contribution in [0, 0.1) is 6.92 Å². The largest absolute Gasteiger partial charge is 0.305 e. The Kier molecular flexibility index (Phi) is 6.51. The van der Waals surface area contributed by atoms with Crippen LogP contribution in [0.4, 0.5) is 5.69 Å². The summed E-state index contributed by atoms with van der Waals surface area (Å²) in [4.78, 5) is 17.9. The van der Waals surface area contributed by atoms with Crippen LogP contribution < -0.4 is 4.90 Å². The lowest BCUT2D eigenvalue weighted by atomic mass is 9.99. The molecular formula is C26H27ClN2O. The fourth-order valence-electron chi connectivity index (χ4n) is 4.18. The van der Waals surface area contributed by atoms with Gasteiger partial charge in [0.25, 0.3) is 5.91 Å². The van der Waals surface area contributed by atoms with Crippen LogP contribution >= 0.6 is 11.6 Å². The van der Waals surface area contributed by atoms with Gasteiger partial charge in [-0.1, -0.05) is 54.1 Å². The summed E-state index contributed by atoms with van der Waals surface area (Å²) in [5, 5.41) is 0.769. The van der Waals surface area contributed by atoms with Gasteiger partial charge in [-0.05, 0) is 67.3 Å². The lowest BCUT2D eigenvalue weighted by Gasteiger charge is -2.39. The minimum Gasteiger partial charge on any atom is -0.305 e. The molecule has 1 amide bonds. The van der Waals surface area contributed by atoms with Gasteiger partial charge in [-0.25, -0.2) is 0 Å². The molecule has 154 valence electrons. The molecule has 3 aromatic rings. The highest BCUT2D eigenvalue weighted by molar-refractivity contribution is 6.30. The van der Waals surface area contributed by atoms with Crippen LogP contribution in [0.15, 0.2) is 78.9 Å². The highest BCUT2D eigenvalue weighted by Crippen LogP contribution is 2.27. The average molecular weight is 419 g/mol. The lowest BCUT2D eigenvalue weighted by Crippen LogP contribution is -2.47. The molecule has 1 heterocycles. The van der Waals surface area contributed by atoms with Crippen molar-refractivity contribution in [3.63, 3.8) is 0 Å². The number of benzene rings is 3. The SMILES string of the molecule is Cc1cccc(N(C(=O)c2ccccc2)C2CCN(Cc3ccc(Cl)cc3)CC2)c1. The Balaban J connectivity index is 1.50. The monoisotopic (exact) mass is 418 g/mol. The van der Waals surface area contributed by atoms with Gasteiger partial charge >= 0.3 is 0 Å². The Bertz CT molecular complexity index is 979. The molecule has 1 fully saturated rings. The van der Waals surface area contributed by atoms with Crippen LogP contribution in [0.2, 0.25) is 5.02 Å². The van der Waals surface area contributed by atoms with E-state index in [1.807, 2.05) is 59.5 Å². The first kappa shape index (κ1) is 20.6. The van der Waals surface area contributed by atoms with E-state index in [2.05, 4.69) is 36.1 Å². The van der Waals surface area contributed by atoms with Crippen molar-refractivity contribution >= 4 is 23.2 Å². The maximum Gasteiger partial charge on any atom is 0.258 e. The molecule has 0 atom stereocenters. The first-order chi connectivity index (χ1) is 14.6. The van der Waals surface area contributed by atoms with Gasteiger partial charge in [-0.3, -0.25) is 9.69 Å². The van der Waals surface area contributed by atoms with Crippen LogP contribution in [0.5, 0.6) is 0 Å². The minimum absolute atomic E-state index is 0.0809. The molecule has 0 unspecified atom stereocenters. The molecule has 30 heavy (non-hydrogen) atoms. The van der Waals surface area contributed by atoms with Crippen LogP contribution in [-0.4, -0.2) is 29.9 Å². The number of piperidine rings is 1. The van der Waals surface area contributed by atoms with Crippen molar-refractivity contribution in [2.45, 2.75) is 32.4 Å². The Labute approximate surface area is 183 Å². The van der Waals surface area contributed by atoms with E-state index >= 15 is 0 Å². The molecule has 0 aliphatic carbocycles. The summed E-state index contributed by atoms with van der Waals surface area (Å²) >= 11 is 6.01. The van der Waals surface area contributed by atoms with E-state index in [4.69, 9.17) is 11.6 Å². The number of amides is 1. The zero-order valence-electron chi connectivity index (χ0n) is 17.3. The molecule has 3 aromatic carbocycles. The number of nitrogens with zero attached hydrogens (tertiary/aromatic N) is 2. The van der Waals surface area contributed by atoms with Crippen LogP contribution in [-0.2, 0) is 6.54 Å². The summed E-state index contributed by atoms with van der Waals surface area (Å²) in [6, 6.07) is 26.1. The fourth-order valence-corrected chi connectivity index (χ4v) is 4.30. The Morgan fingerprint density at radius 2 is 1.67 bits per heavy atom. The van der Waals surface area contributed by atoms with Crippen molar-refractivity contribution in [3.8, 4) is 0 Å². The van der Waals surface area contributed by atoms with Gasteiger partial charge < -0.3 is 4.90 Å². The fraction of sp³-hybridized carbons (Fsp3) is 0.269. The first-order valence-electron chi connectivity index (χ1n) is 10.5. The number of carbonyl (C=O) groups excluding carboxylic acids is 1. The Morgan fingerprint density at radius 1 is 0.967 bits per heavy atom. The molecule has 0 bridgehead atoms. The standard InChI is InChI=1S/C26H27ClN2O/c1-20-6-5-9-25(18-20)29(26(30)22-7-3-2-4-8-22)24-14-16-28(17-15-24)19-21-10-12-23(27)13-11-21/h2-13,18,24H,14-17,19H2,1H3. The normalized spacial score (nSPS) is 15.1. The van der Waals surface area contributed by atoms with Gasteiger partial charge in [0, 0.05) is 41.9 Å². The molecule has 4 rings (SSSR count). The predicted octanol–water partition coefficient (Wildman–Crippen LogP) is 5.96. The highest BCUT2D eigenvalue weighted by atomic mass is 35.5. The van der Waals surface area contributed by atoms with Crippen LogP contribution in [0.3, 0.4) is 0 Å². The van der Waals surface area contributed by atoms with Gasteiger partial charge in [-0.2, -0.15) is 0 Å². The van der Waals surface area contributed by atoms with E-state index in [-0.39, 0.29) is 11.9 Å². The number of carbonyl (C=O) groups is 1. The van der Waals surface area contributed by atoms with Gasteiger partial charge in [0.2, 0.25) is 0 Å². The van der Waals surface area contributed by atoms with Crippen molar-refractivity contribution in [2.24, 2.45) is 0 Å². The molecule has 0 aromatic heterocycles. The summed E-state index contributed by atoms with van der Waals surface area (Å²) in [6.07, 6.45) is 1.92.